The second-order valence-corrected chi connectivity index (χ2v) is 7.23. The molecule has 0 bridgehead atoms. The number of halogens is 1. The Morgan fingerprint density at radius 3 is 3.08 bits per heavy atom. The first-order chi connectivity index (χ1) is 12.3. The van der Waals surface area contributed by atoms with Crippen molar-refractivity contribution in [3.05, 3.63) is 40.7 Å². The zero-order valence-corrected chi connectivity index (χ0v) is 18.2. The number of likely N-dealkylation sites (N-methyl/N-ethyl adjacent to an activating group) is 1. The third-order valence-electron chi connectivity index (χ3n) is 4.26. The van der Waals surface area contributed by atoms with Crippen LogP contribution in [0.4, 0.5) is 0 Å². The molecular weight excluding hydrogens is 463 g/mol. The van der Waals surface area contributed by atoms with Gasteiger partial charge in [0, 0.05) is 63.6 Å². The Morgan fingerprint density at radius 1 is 1.46 bits per heavy atom. The van der Waals surface area contributed by atoms with Crippen molar-refractivity contribution in [2.75, 3.05) is 39.9 Å². The SMILES string of the molecule is CN(CCc1nccs1)C(=NCC1CCOC1)NCCc1ccco1.I. The largest absolute Gasteiger partial charge is 0.469 e. The van der Waals surface area contributed by atoms with E-state index in [2.05, 4.69) is 22.2 Å². The molecule has 3 heterocycles. The standard InChI is InChI=1S/C18H26N4O2S.HI/c1-22(9-5-17-19-8-12-25-17)18(21-13-15-6-11-23-14-15)20-7-4-16-3-2-10-24-16;/h2-3,8,10,12,15H,4-7,9,11,13-14H2,1H3,(H,20,21);1H. The summed E-state index contributed by atoms with van der Waals surface area (Å²) >= 11 is 1.70. The van der Waals surface area contributed by atoms with E-state index in [4.69, 9.17) is 14.1 Å². The molecule has 3 rings (SSSR count). The van der Waals surface area contributed by atoms with Crippen LogP contribution in [0.2, 0.25) is 0 Å². The molecule has 1 saturated heterocycles. The number of rotatable bonds is 8. The molecule has 1 N–H and O–H groups in total. The summed E-state index contributed by atoms with van der Waals surface area (Å²) in [6, 6.07) is 3.92. The van der Waals surface area contributed by atoms with E-state index in [-0.39, 0.29) is 24.0 Å². The van der Waals surface area contributed by atoms with Crippen molar-refractivity contribution in [1.82, 2.24) is 15.2 Å². The Hall–Kier alpha value is -1.13. The molecule has 1 atom stereocenters. The fourth-order valence-electron chi connectivity index (χ4n) is 2.75. The molecule has 8 heteroatoms. The molecule has 2 aromatic heterocycles. The van der Waals surface area contributed by atoms with Crippen LogP contribution in [-0.4, -0.2) is 55.7 Å². The van der Waals surface area contributed by atoms with Gasteiger partial charge >= 0.3 is 0 Å². The van der Waals surface area contributed by atoms with E-state index in [0.717, 1.165) is 68.8 Å². The van der Waals surface area contributed by atoms with E-state index in [1.807, 2.05) is 23.7 Å². The number of nitrogens with zero attached hydrogens (tertiary/aromatic N) is 3. The number of hydrogen-bond acceptors (Lipinski definition) is 5. The molecule has 144 valence electrons. The fraction of sp³-hybridized carbons (Fsp3) is 0.556. The predicted molar refractivity (Wildman–Crippen MR) is 116 cm³/mol. The number of thiazole rings is 1. The average Bonchev–Trinajstić information content (AvgIpc) is 3.39. The van der Waals surface area contributed by atoms with E-state index in [9.17, 15) is 0 Å². The van der Waals surface area contributed by atoms with E-state index in [1.165, 1.54) is 0 Å². The van der Waals surface area contributed by atoms with Gasteiger partial charge in [0.1, 0.15) is 5.76 Å². The molecule has 0 radical (unpaired) electrons. The van der Waals surface area contributed by atoms with Crippen molar-refractivity contribution in [1.29, 1.82) is 0 Å². The minimum absolute atomic E-state index is 0. The van der Waals surface area contributed by atoms with Crippen molar-refractivity contribution in [2.45, 2.75) is 19.3 Å². The molecule has 1 aliphatic heterocycles. The Bertz CT molecular complexity index is 628. The van der Waals surface area contributed by atoms with Gasteiger partial charge in [0.15, 0.2) is 5.96 Å². The number of ether oxygens (including phenoxy) is 1. The summed E-state index contributed by atoms with van der Waals surface area (Å²) in [5.41, 5.74) is 0. The maximum Gasteiger partial charge on any atom is 0.193 e. The number of furan rings is 1. The Balaban J connectivity index is 0.00000243. The monoisotopic (exact) mass is 490 g/mol. The van der Waals surface area contributed by atoms with Crippen molar-refractivity contribution in [3.63, 3.8) is 0 Å². The van der Waals surface area contributed by atoms with Crippen molar-refractivity contribution in [3.8, 4) is 0 Å². The van der Waals surface area contributed by atoms with Gasteiger partial charge in [-0.05, 0) is 18.6 Å². The summed E-state index contributed by atoms with van der Waals surface area (Å²) in [5.74, 6) is 2.46. The summed E-state index contributed by atoms with van der Waals surface area (Å²) < 4.78 is 10.9. The maximum absolute atomic E-state index is 5.45. The van der Waals surface area contributed by atoms with Gasteiger partial charge < -0.3 is 19.4 Å². The number of guanidine groups is 1. The van der Waals surface area contributed by atoms with Crippen LogP contribution >= 0.6 is 35.3 Å². The third kappa shape index (κ3) is 6.88. The average molecular weight is 490 g/mol. The van der Waals surface area contributed by atoms with Gasteiger partial charge in [-0.1, -0.05) is 0 Å². The summed E-state index contributed by atoms with van der Waals surface area (Å²) in [6.07, 6.45) is 6.45. The number of hydrogen-bond donors (Lipinski definition) is 1. The predicted octanol–water partition coefficient (Wildman–Crippen LogP) is 3.05. The van der Waals surface area contributed by atoms with E-state index < -0.39 is 0 Å². The molecule has 6 nitrogen and oxygen atoms in total. The zero-order chi connectivity index (χ0) is 17.3. The first-order valence-corrected chi connectivity index (χ1v) is 9.67. The second-order valence-electron chi connectivity index (χ2n) is 6.25. The van der Waals surface area contributed by atoms with Crippen LogP contribution in [0.15, 0.2) is 39.4 Å². The van der Waals surface area contributed by atoms with E-state index >= 15 is 0 Å². The Morgan fingerprint density at radius 2 is 2.38 bits per heavy atom. The molecule has 0 amide bonds. The van der Waals surface area contributed by atoms with Crippen LogP contribution in [0.5, 0.6) is 0 Å². The maximum atomic E-state index is 5.45. The normalized spacial score (nSPS) is 17.1. The van der Waals surface area contributed by atoms with E-state index in [0.29, 0.717) is 5.92 Å². The van der Waals surface area contributed by atoms with Gasteiger partial charge in [-0.25, -0.2) is 4.98 Å². The smallest absolute Gasteiger partial charge is 0.193 e. The summed E-state index contributed by atoms with van der Waals surface area (Å²) in [6.45, 7) is 4.19. The second kappa shape index (κ2) is 11.6. The van der Waals surface area contributed by atoms with Gasteiger partial charge in [0.25, 0.3) is 0 Å². The highest BCUT2D eigenvalue weighted by molar-refractivity contribution is 14.0. The van der Waals surface area contributed by atoms with E-state index in [1.54, 1.807) is 17.6 Å². The number of aliphatic imine (C=N–C) groups is 1. The van der Waals surface area contributed by atoms with Crippen molar-refractivity contribution in [2.24, 2.45) is 10.9 Å². The zero-order valence-electron chi connectivity index (χ0n) is 15.1. The minimum Gasteiger partial charge on any atom is -0.469 e. The highest BCUT2D eigenvalue weighted by Crippen LogP contribution is 2.12. The summed E-state index contributed by atoms with van der Waals surface area (Å²) in [4.78, 5) is 11.4. The lowest BCUT2D eigenvalue weighted by Crippen LogP contribution is -2.41. The quantitative estimate of drug-likeness (QED) is 0.350. The highest BCUT2D eigenvalue weighted by Gasteiger charge is 2.16. The lowest BCUT2D eigenvalue weighted by molar-refractivity contribution is 0.187. The van der Waals surface area contributed by atoms with Crippen molar-refractivity contribution >= 4 is 41.3 Å². The van der Waals surface area contributed by atoms with Crippen LogP contribution in [0.1, 0.15) is 17.2 Å². The van der Waals surface area contributed by atoms with Crippen LogP contribution in [-0.2, 0) is 17.6 Å². The molecule has 1 fully saturated rings. The lowest BCUT2D eigenvalue weighted by Gasteiger charge is -2.22. The molecule has 0 saturated carbocycles. The first-order valence-electron chi connectivity index (χ1n) is 8.79. The van der Waals surface area contributed by atoms with Crippen LogP contribution in [0.25, 0.3) is 0 Å². The summed E-state index contributed by atoms with van der Waals surface area (Å²) in [5, 5.41) is 6.65. The molecule has 26 heavy (non-hydrogen) atoms. The van der Waals surface area contributed by atoms with Crippen LogP contribution in [0, 0.1) is 5.92 Å². The minimum atomic E-state index is 0. The molecule has 0 aromatic carbocycles. The van der Waals surface area contributed by atoms with Gasteiger partial charge in [-0.2, -0.15) is 0 Å². The molecule has 1 unspecified atom stereocenters. The van der Waals surface area contributed by atoms with Gasteiger partial charge in [-0.3, -0.25) is 4.99 Å². The number of aromatic nitrogens is 1. The van der Waals surface area contributed by atoms with Gasteiger partial charge in [-0.15, -0.1) is 35.3 Å². The van der Waals surface area contributed by atoms with Crippen LogP contribution in [0.3, 0.4) is 0 Å². The Labute approximate surface area is 176 Å². The highest BCUT2D eigenvalue weighted by atomic mass is 127. The first kappa shape index (κ1) is 21.2. The Kier molecular flexibility index (Phi) is 9.41. The van der Waals surface area contributed by atoms with Crippen molar-refractivity contribution < 1.29 is 9.15 Å². The molecular formula is C18H27IN4O2S. The fourth-order valence-corrected chi connectivity index (χ4v) is 3.36. The molecule has 2 aromatic rings. The van der Waals surface area contributed by atoms with Gasteiger partial charge in [0.05, 0.1) is 17.9 Å². The molecule has 1 aliphatic rings. The summed E-state index contributed by atoms with van der Waals surface area (Å²) in [7, 11) is 2.08. The topological polar surface area (TPSA) is 62.9 Å². The van der Waals surface area contributed by atoms with Crippen LogP contribution < -0.4 is 5.32 Å². The molecule has 0 aliphatic carbocycles. The number of nitrogens with one attached hydrogen (secondary N) is 1. The lowest BCUT2D eigenvalue weighted by atomic mass is 10.1. The third-order valence-corrected chi connectivity index (χ3v) is 5.10. The molecule has 0 spiro atoms. The van der Waals surface area contributed by atoms with Gasteiger partial charge in [0.2, 0.25) is 0 Å².